The zero-order valence-electron chi connectivity index (χ0n) is 8.84. The Morgan fingerprint density at radius 3 is 3.06 bits per heavy atom. The lowest BCUT2D eigenvalue weighted by Crippen LogP contribution is -2.24. The second-order valence-corrected chi connectivity index (χ2v) is 4.64. The van der Waals surface area contributed by atoms with E-state index in [2.05, 4.69) is 20.6 Å². The maximum atomic E-state index is 5.94. The van der Waals surface area contributed by atoms with Crippen molar-refractivity contribution in [3.63, 3.8) is 0 Å². The van der Waals surface area contributed by atoms with E-state index in [9.17, 15) is 0 Å². The summed E-state index contributed by atoms with van der Waals surface area (Å²) in [5.41, 5.74) is 0.886. The molecular weight excluding hydrogens is 247 g/mol. The Kier molecular flexibility index (Phi) is 4.35. The van der Waals surface area contributed by atoms with Gasteiger partial charge in [-0.3, -0.25) is 0 Å². The van der Waals surface area contributed by atoms with Gasteiger partial charge < -0.3 is 10.6 Å². The lowest BCUT2D eigenvalue weighted by molar-refractivity contribution is 0.512. The predicted octanol–water partition coefficient (Wildman–Crippen LogP) is 1.48. The molecule has 1 fully saturated rings. The fraction of sp³-hybridized carbons (Fsp3) is 0.600. The van der Waals surface area contributed by atoms with E-state index in [4.69, 9.17) is 23.2 Å². The Hall–Kier alpha value is -0.420. The van der Waals surface area contributed by atoms with Crippen LogP contribution in [0.4, 0.5) is 0 Å². The number of halogens is 2. The second kappa shape index (κ2) is 5.77. The van der Waals surface area contributed by atoms with Gasteiger partial charge >= 0.3 is 0 Å². The maximum absolute atomic E-state index is 5.94. The fourth-order valence-electron chi connectivity index (χ4n) is 1.78. The summed E-state index contributed by atoms with van der Waals surface area (Å²) in [6.07, 6.45) is 2.90. The van der Waals surface area contributed by atoms with Crippen molar-refractivity contribution in [2.45, 2.75) is 13.0 Å². The van der Waals surface area contributed by atoms with E-state index in [1.807, 2.05) is 0 Å². The van der Waals surface area contributed by atoms with Crippen LogP contribution in [0, 0.1) is 5.92 Å². The van der Waals surface area contributed by atoms with Gasteiger partial charge in [-0.25, -0.2) is 9.97 Å². The first-order valence-electron chi connectivity index (χ1n) is 5.34. The zero-order valence-corrected chi connectivity index (χ0v) is 10.4. The molecule has 1 aliphatic heterocycles. The molecule has 2 rings (SSSR count). The molecule has 1 aliphatic rings. The van der Waals surface area contributed by atoms with Crippen molar-refractivity contribution in [1.29, 1.82) is 0 Å². The number of rotatable bonds is 4. The summed E-state index contributed by atoms with van der Waals surface area (Å²) in [6.45, 7) is 3.90. The molecule has 0 aromatic carbocycles. The van der Waals surface area contributed by atoms with Gasteiger partial charge in [0.2, 0.25) is 5.28 Å². The van der Waals surface area contributed by atoms with E-state index in [-0.39, 0.29) is 5.28 Å². The van der Waals surface area contributed by atoms with E-state index in [0.29, 0.717) is 17.6 Å². The number of hydrogen-bond acceptors (Lipinski definition) is 4. The van der Waals surface area contributed by atoms with Gasteiger partial charge in [0.15, 0.2) is 0 Å². The molecule has 4 nitrogen and oxygen atoms in total. The van der Waals surface area contributed by atoms with Crippen LogP contribution in [0.2, 0.25) is 10.4 Å². The third-order valence-corrected chi connectivity index (χ3v) is 3.20. The van der Waals surface area contributed by atoms with Gasteiger partial charge in [-0.15, -0.1) is 0 Å². The maximum Gasteiger partial charge on any atom is 0.223 e. The molecule has 1 atom stereocenters. The summed E-state index contributed by atoms with van der Waals surface area (Å²) >= 11 is 11.6. The number of hydrogen-bond donors (Lipinski definition) is 2. The highest BCUT2D eigenvalue weighted by molar-refractivity contribution is 6.32. The first-order valence-corrected chi connectivity index (χ1v) is 6.09. The van der Waals surface area contributed by atoms with Crippen LogP contribution < -0.4 is 10.6 Å². The third kappa shape index (κ3) is 3.28. The molecule has 2 heterocycles. The highest BCUT2D eigenvalue weighted by Crippen LogP contribution is 2.14. The molecule has 0 unspecified atom stereocenters. The van der Waals surface area contributed by atoms with Gasteiger partial charge in [-0.2, -0.15) is 0 Å². The summed E-state index contributed by atoms with van der Waals surface area (Å²) in [6, 6.07) is 0. The van der Waals surface area contributed by atoms with Crippen molar-refractivity contribution in [3.05, 3.63) is 22.2 Å². The standard InChI is InChI=1S/C10H14Cl2N4/c11-9-8(6-15-10(12)16-9)5-14-4-7-1-2-13-3-7/h6-7,13-14H,1-5H2/t7-/m0/s1. The van der Waals surface area contributed by atoms with E-state index in [0.717, 1.165) is 25.2 Å². The summed E-state index contributed by atoms with van der Waals surface area (Å²) in [4.78, 5) is 7.80. The van der Waals surface area contributed by atoms with E-state index >= 15 is 0 Å². The zero-order chi connectivity index (χ0) is 11.4. The number of aromatic nitrogens is 2. The fourth-order valence-corrected chi connectivity index (χ4v) is 2.16. The summed E-state index contributed by atoms with van der Waals surface area (Å²) in [7, 11) is 0. The van der Waals surface area contributed by atoms with Gasteiger partial charge in [-0.05, 0) is 43.6 Å². The molecule has 0 spiro atoms. The second-order valence-electron chi connectivity index (χ2n) is 3.94. The Morgan fingerprint density at radius 1 is 1.50 bits per heavy atom. The monoisotopic (exact) mass is 260 g/mol. The lowest BCUT2D eigenvalue weighted by Gasteiger charge is -2.10. The van der Waals surface area contributed by atoms with Gasteiger partial charge in [0.1, 0.15) is 5.15 Å². The smallest absolute Gasteiger partial charge is 0.223 e. The molecule has 0 saturated carbocycles. The molecule has 0 bridgehead atoms. The van der Waals surface area contributed by atoms with Gasteiger partial charge in [0.05, 0.1) is 0 Å². The predicted molar refractivity (Wildman–Crippen MR) is 64.7 cm³/mol. The summed E-state index contributed by atoms with van der Waals surface area (Å²) < 4.78 is 0. The van der Waals surface area contributed by atoms with Crippen molar-refractivity contribution >= 4 is 23.2 Å². The van der Waals surface area contributed by atoms with Crippen LogP contribution in [0.25, 0.3) is 0 Å². The van der Waals surface area contributed by atoms with Crippen LogP contribution in [0.5, 0.6) is 0 Å². The molecule has 2 N–H and O–H groups in total. The molecule has 0 aliphatic carbocycles. The average molecular weight is 261 g/mol. The van der Waals surface area contributed by atoms with Crippen molar-refractivity contribution in [2.24, 2.45) is 5.92 Å². The minimum Gasteiger partial charge on any atom is -0.316 e. The number of nitrogens with zero attached hydrogens (tertiary/aromatic N) is 2. The topological polar surface area (TPSA) is 49.8 Å². The molecule has 1 aromatic rings. The van der Waals surface area contributed by atoms with Crippen LogP contribution in [-0.4, -0.2) is 29.6 Å². The Bertz CT molecular complexity index is 353. The molecule has 88 valence electrons. The van der Waals surface area contributed by atoms with Crippen molar-refractivity contribution < 1.29 is 0 Å². The molecule has 0 amide bonds. The Balaban J connectivity index is 1.80. The Labute approximate surface area is 105 Å². The van der Waals surface area contributed by atoms with Crippen LogP contribution in [0.15, 0.2) is 6.20 Å². The summed E-state index contributed by atoms with van der Waals surface area (Å²) in [5, 5.41) is 7.30. The minimum absolute atomic E-state index is 0.189. The van der Waals surface area contributed by atoms with Gasteiger partial charge in [0.25, 0.3) is 0 Å². The van der Waals surface area contributed by atoms with Gasteiger partial charge in [-0.1, -0.05) is 11.6 Å². The van der Waals surface area contributed by atoms with Crippen LogP contribution in [0.3, 0.4) is 0 Å². The lowest BCUT2D eigenvalue weighted by atomic mass is 10.1. The highest BCUT2D eigenvalue weighted by atomic mass is 35.5. The minimum atomic E-state index is 0.189. The largest absolute Gasteiger partial charge is 0.316 e. The normalized spacial score (nSPS) is 20.2. The van der Waals surface area contributed by atoms with Gasteiger partial charge in [0, 0.05) is 18.3 Å². The molecular formula is C10H14Cl2N4. The van der Waals surface area contributed by atoms with E-state index in [1.54, 1.807) is 6.20 Å². The molecule has 1 aromatic heterocycles. The average Bonchev–Trinajstić information content (AvgIpc) is 2.74. The third-order valence-electron chi connectivity index (χ3n) is 2.69. The summed E-state index contributed by atoms with van der Waals surface area (Å²) in [5.74, 6) is 0.715. The van der Waals surface area contributed by atoms with Crippen LogP contribution in [0.1, 0.15) is 12.0 Å². The van der Waals surface area contributed by atoms with Crippen molar-refractivity contribution in [2.75, 3.05) is 19.6 Å². The van der Waals surface area contributed by atoms with Crippen molar-refractivity contribution in [3.8, 4) is 0 Å². The quantitative estimate of drug-likeness (QED) is 0.636. The highest BCUT2D eigenvalue weighted by Gasteiger charge is 2.13. The first kappa shape index (κ1) is 12.0. The molecule has 0 radical (unpaired) electrons. The van der Waals surface area contributed by atoms with Crippen LogP contribution in [-0.2, 0) is 6.54 Å². The number of nitrogens with one attached hydrogen (secondary N) is 2. The van der Waals surface area contributed by atoms with E-state index < -0.39 is 0 Å². The van der Waals surface area contributed by atoms with Crippen molar-refractivity contribution in [1.82, 2.24) is 20.6 Å². The Morgan fingerprint density at radius 2 is 2.38 bits per heavy atom. The molecule has 6 heteroatoms. The SMILES string of the molecule is Clc1ncc(CNC[C@H]2CCNC2)c(Cl)n1. The first-order chi connectivity index (χ1) is 7.75. The van der Waals surface area contributed by atoms with E-state index in [1.165, 1.54) is 6.42 Å². The molecule has 1 saturated heterocycles. The molecule has 16 heavy (non-hydrogen) atoms. The van der Waals surface area contributed by atoms with Crippen LogP contribution >= 0.6 is 23.2 Å².